The third-order valence-electron chi connectivity index (χ3n) is 6.13. The second kappa shape index (κ2) is 13.5. The van der Waals surface area contributed by atoms with Crippen LogP contribution in [0.1, 0.15) is 55.6 Å². The average Bonchev–Trinajstić information content (AvgIpc) is 2.93. The molecule has 0 saturated carbocycles. The Balaban J connectivity index is 1.68. The number of nitrogens with one attached hydrogen (secondary N) is 1. The molecule has 1 saturated heterocycles. The number of ether oxygens (including phenoxy) is 5. The number of carbonyl (C=O) groups excluding carboxylic acids is 3. The van der Waals surface area contributed by atoms with E-state index < -0.39 is 30.7 Å². The zero-order valence-corrected chi connectivity index (χ0v) is 21.7. The summed E-state index contributed by atoms with van der Waals surface area (Å²) in [6.45, 7) is 2.69. The van der Waals surface area contributed by atoms with Crippen LogP contribution in [0.5, 0.6) is 17.2 Å². The van der Waals surface area contributed by atoms with Gasteiger partial charge in [0.25, 0.3) is 5.91 Å². The SMILES string of the molecule is COc1ccc(CC2CCC[C@H](NC(=O)c3nccc(OC)c3OCOC(C)=O)C(=O)OC(C)C2)cc1. The van der Waals surface area contributed by atoms with Gasteiger partial charge >= 0.3 is 11.9 Å². The molecule has 1 aliphatic rings. The van der Waals surface area contributed by atoms with Gasteiger partial charge in [0.2, 0.25) is 6.79 Å². The molecule has 200 valence electrons. The predicted molar refractivity (Wildman–Crippen MR) is 134 cm³/mol. The van der Waals surface area contributed by atoms with E-state index in [4.69, 9.17) is 23.7 Å². The zero-order valence-electron chi connectivity index (χ0n) is 21.7. The van der Waals surface area contributed by atoms with Crippen LogP contribution in [0, 0.1) is 5.92 Å². The van der Waals surface area contributed by atoms with Crippen molar-refractivity contribution >= 4 is 17.8 Å². The fourth-order valence-electron chi connectivity index (χ4n) is 4.35. The highest BCUT2D eigenvalue weighted by Crippen LogP contribution is 2.30. The molecule has 0 radical (unpaired) electrons. The minimum atomic E-state index is -0.844. The van der Waals surface area contributed by atoms with Gasteiger partial charge in [-0.25, -0.2) is 9.78 Å². The first-order valence-corrected chi connectivity index (χ1v) is 12.2. The van der Waals surface area contributed by atoms with Crippen LogP contribution in [0.4, 0.5) is 0 Å². The van der Waals surface area contributed by atoms with Gasteiger partial charge in [-0.1, -0.05) is 18.6 Å². The topological polar surface area (TPSA) is 122 Å². The smallest absolute Gasteiger partial charge is 0.328 e. The van der Waals surface area contributed by atoms with Crippen LogP contribution < -0.4 is 19.5 Å². The lowest BCUT2D eigenvalue weighted by Crippen LogP contribution is -2.43. The first-order valence-electron chi connectivity index (χ1n) is 12.2. The maximum atomic E-state index is 13.1. The van der Waals surface area contributed by atoms with E-state index in [1.807, 2.05) is 31.2 Å². The third-order valence-corrected chi connectivity index (χ3v) is 6.13. The number of hydrogen-bond donors (Lipinski definition) is 1. The normalized spacial score (nSPS) is 19.9. The number of methoxy groups -OCH3 is 2. The van der Waals surface area contributed by atoms with Gasteiger partial charge in [0.05, 0.1) is 20.3 Å². The Morgan fingerprint density at radius 2 is 1.86 bits per heavy atom. The molecule has 0 spiro atoms. The van der Waals surface area contributed by atoms with Crippen molar-refractivity contribution in [3.8, 4) is 17.2 Å². The van der Waals surface area contributed by atoms with Gasteiger partial charge in [0.15, 0.2) is 17.2 Å². The predicted octanol–water partition coefficient (Wildman–Crippen LogP) is 3.46. The maximum Gasteiger partial charge on any atom is 0.328 e. The van der Waals surface area contributed by atoms with E-state index in [0.29, 0.717) is 12.3 Å². The fraction of sp³-hybridized carbons (Fsp3) is 0.481. The van der Waals surface area contributed by atoms with Gasteiger partial charge in [0.1, 0.15) is 11.8 Å². The number of aromatic nitrogens is 1. The van der Waals surface area contributed by atoms with Crippen molar-refractivity contribution < 1.29 is 38.1 Å². The molecule has 2 aromatic rings. The first kappa shape index (κ1) is 27.8. The maximum absolute atomic E-state index is 13.1. The molecule has 0 bridgehead atoms. The summed E-state index contributed by atoms with van der Waals surface area (Å²) in [4.78, 5) is 41.2. The summed E-state index contributed by atoms with van der Waals surface area (Å²) in [5, 5.41) is 2.74. The second-order valence-corrected chi connectivity index (χ2v) is 8.95. The molecular formula is C27H34N2O8. The molecule has 10 nitrogen and oxygen atoms in total. The van der Waals surface area contributed by atoms with E-state index in [9.17, 15) is 14.4 Å². The minimum absolute atomic E-state index is 0.00751. The summed E-state index contributed by atoms with van der Waals surface area (Å²) in [6, 6.07) is 8.65. The van der Waals surface area contributed by atoms with Crippen LogP contribution in [0.15, 0.2) is 36.5 Å². The first-order chi connectivity index (χ1) is 17.8. The van der Waals surface area contributed by atoms with Gasteiger partial charge in [-0.2, -0.15) is 0 Å². The number of esters is 2. The van der Waals surface area contributed by atoms with Crippen molar-refractivity contribution in [2.24, 2.45) is 5.92 Å². The fourth-order valence-corrected chi connectivity index (χ4v) is 4.35. The number of amides is 1. The molecule has 37 heavy (non-hydrogen) atoms. The monoisotopic (exact) mass is 514 g/mol. The average molecular weight is 515 g/mol. The van der Waals surface area contributed by atoms with E-state index in [-0.39, 0.29) is 23.3 Å². The lowest BCUT2D eigenvalue weighted by Gasteiger charge is -2.21. The Hall–Kier alpha value is -3.82. The van der Waals surface area contributed by atoms with Crippen molar-refractivity contribution in [1.82, 2.24) is 10.3 Å². The lowest BCUT2D eigenvalue weighted by molar-refractivity contribution is -0.151. The van der Waals surface area contributed by atoms with E-state index in [2.05, 4.69) is 10.3 Å². The lowest BCUT2D eigenvalue weighted by atomic mass is 9.89. The molecule has 2 heterocycles. The van der Waals surface area contributed by atoms with Crippen LogP contribution in [0.25, 0.3) is 0 Å². The van der Waals surface area contributed by atoms with Crippen LogP contribution in [0.3, 0.4) is 0 Å². The quantitative estimate of drug-likeness (QED) is 0.396. The molecule has 1 N–H and O–H groups in total. The number of cyclic esters (lactones) is 1. The molecule has 1 aliphatic heterocycles. The van der Waals surface area contributed by atoms with Gasteiger partial charge < -0.3 is 29.0 Å². The largest absolute Gasteiger partial charge is 0.497 e. The Morgan fingerprint density at radius 3 is 2.54 bits per heavy atom. The number of hydrogen-bond acceptors (Lipinski definition) is 9. The van der Waals surface area contributed by atoms with E-state index in [0.717, 1.165) is 31.4 Å². The molecule has 1 fully saturated rings. The van der Waals surface area contributed by atoms with Crippen molar-refractivity contribution in [1.29, 1.82) is 0 Å². The minimum Gasteiger partial charge on any atom is -0.497 e. The van der Waals surface area contributed by atoms with Crippen molar-refractivity contribution in [2.45, 2.75) is 58.1 Å². The molecule has 0 aliphatic carbocycles. The number of nitrogens with zero attached hydrogens (tertiary/aromatic N) is 1. The summed E-state index contributed by atoms with van der Waals surface area (Å²) in [5.74, 6) is -0.276. The van der Waals surface area contributed by atoms with Crippen LogP contribution in [-0.2, 0) is 25.5 Å². The Labute approximate surface area is 216 Å². The Morgan fingerprint density at radius 1 is 1.11 bits per heavy atom. The van der Waals surface area contributed by atoms with Crippen molar-refractivity contribution in [3.05, 3.63) is 47.8 Å². The number of pyridine rings is 1. The number of rotatable bonds is 9. The van der Waals surface area contributed by atoms with E-state index in [1.54, 1.807) is 7.11 Å². The summed E-state index contributed by atoms with van der Waals surface area (Å²) < 4.78 is 26.4. The Kier molecular flexibility index (Phi) is 10.1. The number of carbonyl (C=O) groups is 3. The Bertz CT molecular complexity index is 1070. The summed E-state index contributed by atoms with van der Waals surface area (Å²) >= 11 is 0. The number of benzene rings is 1. The molecule has 1 aromatic heterocycles. The van der Waals surface area contributed by atoms with Gasteiger partial charge in [-0.3, -0.25) is 9.59 Å². The summed E-state index contributed by atoms with van der Waals surface area (Å²) in [5.41, 5.74) is 1.10. The van der Waals surface area contributed by atoms with Crippen molar-refractivity contribution in [3.63, 3.8) is 0 Å². The highest BCUT2D eigenvalue weighted by Gasteiger charge is 2.30. The highest BCUT2D eigenvalue weighted by atomic mass is 16.7. The van der Waals surface area contributed by atoms with Crippen LogP contribution in [-0.4, -0.2) is 56.0 Å². The summed E-state index contributed by atoms with van der Waals surface area (Å²) in [6.07, 6.45) is 4.71. The van der Waals surface area contributed by atoms with Gasteiger partial charge in [0, 0.05) is 19.2 Å². The van der Waals surface area contributed by atoms with E-state index in [1.165, 1.54) is 31.9 Å². The van der Waals surface area contributed by atoms with E-state index >= 15 is 0 Å². The molecule has 10 heteroatoms. The van der Waals surface area contributed by atoms with Crippen molar-refractivity contribution in [2.75, 3.05) is 21.0 Å². The molecule has 2 unspecified atom stereocenters. The molecule has 1 amide bonds. The second-order valence-electron chi connectivity index (χ2n) is 8.95. The standard InChI is InChI=1S/C27H34N2O8/c1-17-14-20(15-19-8-10-21(33-3)11-9-19)6-5-7-22(27(32)37-17)29-26(31)24-25(36-16-35-18(2)30)23(34-4)12-13-28-24/h8-13,17,20,22H,5-7,14-16H2,1-4H3,(H,29,31)/t17?,20?,22-/m0/s1. The molecule has 3 rings (SSSR count). The van der Waals surface area contributed by atoms with Gasteiger partial charge in [-0.05, 0) is 56.2 Å². The highest BCUT2D eigenvalue weighted by molar-refractivity contribution is 5.98. The molecule has 1 aromatic carbocycles. The summed E-state index contributed by atoms with van der Waals surface area (Å²) in [7, 11) is 3.05. The zero-order chi connectivity index (χ0) is 26.8. The molecular weight excluding hydrogens is 480 g/mol. The molecule has 3 atom stereocenters. The van der Waals surface area contributed by atoms with Crippen LogP contribution >= 0.6 is 0 Å². The third kappa shape index (κ3) is 8.09. The van der Waals surface area contributed by atoms with Crippen LogP contribution in [0.2, 0.25) is 0 Å². The van der Waals surface area contributed by atoms with Gasteiger partial charge in [-0.15, -0.1) is 0 Å².